The zero-order valence-electron chi connectivity index (χ0n) is 7.38. The molecule has 0 radical (unpaired) electrons. The van der Waals surface area contributed by atoms with E-state index in [9.17, 15) is 0 Å². The topological polar surface area (TPSA) is 67.6 Å². The van der Waals surface area contributed by atoms with Crippen molar-refractivity contribution < 1.29 is 0 Å². The van der Waals surface area contributed by atoms with Gasteiger partial charge in [-0.1, -0.05) is 0 Å². The lowest BCUT2D eigenvalue weighted by Gasteiger charge is -2.05. The molecule has 0 aliphatic rings. The minimum atomic E-state index is 0.574. The predicted octanol–water partition coefficient (Wildman–Crippen LogP) is 1.33. The molecule has 4 heteroatoms. The third-order valence-corrected chi connectivity index (χ3v) is 1.91. The maximum atomic E-state index is 8.73. The smallest absolute Gasteiger partial charge is 0.0992 e. The van der Waals surface area contributed by atoms with Gasteiger partial charge in [0.15, 0.2) is 0 Å². The highest BCUT2D eigenvalue weighted by Gasteiger charge is 2.02. The summed E-state index contributed by atoms with van der Waals surface area (Å²) >= 11 is 0. The van der Waals surface area contributed by atoms with E-state index < -0.39 is 0 Å². The Morgan fingerprint density at radius 2 is 2.29 bits per heavy atom. The number of hydrogen-bond acceptors (Lipinski definition) is 3. The minimum Gasteiger partial charge on any atom is -0.397 e. The Labute approximate surface area is 81.2 Å². The van der Waals surface area contributed by atoms with Crippen molar-refractivity contribution >= 4 is 5.69 Å². The number of nitrogens with zero attached hydrogens (tertiary/aromatic N) is 3. The monoisotopic (exact) mass is 184 g/mol. The van der Waals surface area contributed by atoms with Crippen LogP contribution in [0.5, 0.6) is 0 Å². The van der Waals surface area contributed by atoms with Crippen LogP contribution in [0.4, 0.5) is 5.69 Å². The van der Waals surface area contributed by atoms with Gasteiger partial charge in [0.1, 0.15) is 0 Å². The Kier molecular flexibility index (Phi) is 1.92. The normalized spacial score (nSPS) is 9.64. The minimum absolute atomic E-state index is 0.574. The van der Waals surface area contributed by atoms with E-state index >= 15 is 0 Å². The van der Waals surface area contributed by atoms with Gasteiger partial charge in [0.05, 0.1) is 23.0 Å². The van der Waals surface area contributed by atoms with E-state index in [2.05, 4.69) is 11.2 Å². The Balaban J connectivity index is 2.58. The quantitative estimate of drug-likeness (QED) is 0.680. The second-order valence-corrected chi connectivity index (χ2v) is 2.84. The van der Waals surface area contributed by atoms with Crippen LogP contribution in [0.15, 0.2) is 36.7 Å². The van der Waals surface area contributed by atoms with Crippen molar-refractivity contribution in [2.24, 2.45) is 0 Å². The summed E-state index contributed by atoms with van der Waals surface area (Å²) in [6.45, 7) is 0. The number of nitriles is 1. The molecule has 0 saturated carbocycles. The molecule has 68 valence electrons. The van der Waals surface area contributed by atoms with Crippen molar-refractivity contribution in [3.05, 3.63) is 42.2 Å². The SMILES string of the molecule is N#Cc1ccc(N)c(-n2cccn2)c1. The molecule has 0 spiro atoms. The molecule has 1 aromatic carbocycles. The van der Waals surface area contributed by atoms with E-state index in [1.165, 1.54) is 0 Å². The molecule has 2 aromatic rings. The zero-order chi connectivity index (χ0) is 9.97. The van der Waals surface area contributed by atoms with Crippen LogP contribution in [0.3, 0.4) is 0 Å². The molecular formula is C10H8N4. The van der Waals surface area contributed by atoms with Crippen molar-refractivity contribution in [2.45, 2.75) is 0 Å². The number of hydrogen-bond donors (Lipinski definition) is 1. The molecule has 14 heavy (non-hydrogen) atoms. The van der Waals surface area contributed by atoms with Gasteiger partial charge in [0.2, 0.25) is 0 Å². The summed E-state index contributed by atoms with van der Waals surface area (Å²) in [5.74, 6) is 0. The fraction of sp³-hybridized carbons (Fsp3) is 0. The number of anilines is 1. The number of rotatable bonds is 1. The van der Waals surface area contributed by atoms with Gasteiger partial charge < -0.3 is 5.73 Å². The van der Waals surface area contributed by atoms with Gasteiger partial charge in [0, 0.05) is 12.4 Å². The third-order valence-electron chi connectivity index (χ3n) is 1.91. The van der Waals surface area contributed by atoms with Crippen molar-refractivity contribution in [1.29, 1.82) is 5.26 Å². The average Bonchev–Trinajstić information content (AvgIpc) is 2.71. The van der Waals surface area contributed by atoms with Gasteiger partial charge in [-0.15, -0.1) is 0 Å². The second kappa shape index (κ2) is 3.23. The van der Waals surface area contributed by atoms with Crippen LogP contribution < -0.4 is 5.73 Å². The van der Waals surface area contributed by atoms with E-state index in [0.29, 0.717) is 11.3 Å². The number of benzene rings is 1. The molecule has 2 rings (SSSR count). The summed E-state index contributed by atoms with van der Waals surface area (Å²) in [6.07, 6.45) is 3.45. The van der Waals surface area contributed by atoms with Gasteiger partial charge in [-0.2, -0.15) is 10.4 Å². The lowest BCUT2D eigenvalue weighted by molar-refractivity contribution is 0.882. The van der Waals surface area contributed by atoms with Crippen molar-refractivity contribution in [2.75, 3.05) is 5.73 Å². The molecule has 0 bridgehead atoms. The maximum absolute atomic E-state index is 8.73. The number of aromatic nitrogens is 2. The Bertz CT molecular complexity index is 479. The number of nitrogens with two attached hydrogens (primary N) is 1. The van der Waals surface area contributed by atoms with Crippen molar-refractivity contribution in [3.8, 4) is 11.8 Å². The highest BCUT2D eigenvalue weighted by atomic mass is 15.3. The second-order valence-electron chi connectivity index (χ2n) is 2.84. The molecule has 0 aliphatic heterocycles. The Hall–Kier alpha value is -2.28. The molecule has 0 amide bonds. The summed E-state index contributed by atoms with van der Waals surface area (Å²) < 4.78 is 1.64. The van der Waals surface area contributed by atoms with Crippen LogP contribution in [-0.4, -0.2) is 9.78 Å². The molecule has 4 nitrogen and oxygen atoms in total. The Morgan fingerprint density at radius 1 is 1.43 bits per heavy atom. The molecule has 1 heterocycles. The highest BCUT2D eigenvalue weighted by molar-refractivity contribution is 5.60. The molecule has 0 fully saturated rings. The summed E-state index contributed by atoms with van der Waals surface area (Å²) in [5, 5.41) is 12.8. The van der Waals surface area contributed by atoms with Gasteiger partial charge >= 0.3 is 0 Å². The van der Waals surface area contributed by atoms with E-state index in [-0.39, 0.29) is 0 Å². The predicted molar refractivity (Wildman–Crippen MR) is 52.7 cm³/mol. The first-order valence-corrected chi connectivity index (χ1v) is 4.11. The van der Waals surface area contributed by atoms with Gasteiger partial charge in [-0.25, -0.2) is 4.68 Å². The summed E-state index contributed by atoms with van der Waals surface area (Å²) in [4.78, 5) is 0. The molecule has 2 N–H and O–H groups in total. The average molecular weight is 184 g/mol. The van der Waals surface area contributed by atoms with E-state index in [1.54, 1.807) is 41.3 Å². The molecule has 1 aromatic heterocycles. The lowest BCUT2D eigenvalue weighted by atomic mass is 10.2. The fourth-order valence-electron chi connectivity index (χ4n) is 1.22. The van der Waals surface area contributed by atoms with Crippen LogP contribution in [-0.2, 0) is 0 Å². The van der Waals surface area contributed by atoms with E-state index in [4.69, 9.17) is 11.0 Å². The first-order valence-electron chi connectivity index (χ1n) is 4.11. The van der Waals surface area contributed by atoms with Crippen molar-refractivity contribution in [1.82, 2.24) is 9.78 Å². The van der Waals surface area contributed by atoms with Gasteiger partial charge in [0.25, 0.3) is 0 Å². The number of nitrogen functional groups attached to an aromatic ring is 1. The summed E-state index contributed by atoms with van der Waals surface area (Å²) in [5.41, 5.74) is 7.67. The standard InChI is InChI=1S/C10H8N4/c11-7-8-2-3-9(12)10(6-8)14-5-1-4-13-14/h1-6H,12H2. The zero-order valence-corrected chi connectivity index (χ0v) is 7.38. The molecule has 0 aliphatic carbocycles. The highest BCUT2D eigenvalue weighted by Crippen LogP contribution is 2.17. The first-order chi connectivity index (χ1) is 6.81. The lowest BCUT2D eigenvalue weighted by Crippen LogP contribution is -2.00. The van der Waals surface area contributed by atoms with Crippen LogP contribution in [0.1, 0.15) is 5.56 Å². The van der Waals surface area contributed by atoms with Crippen molar-refractivity contribution in [3.63, 3.8) is 0 Å². The van der Waals surface area contributed by atoms with Gasteiger partial charge in [-0.3, -0.25) is 0 Å². The summed E-state index contributed by atoms with van der Waals surface area (Å²) in [7, 11) is 0. The van der Waals surface area contributed by atoms with E-state index in [0.717, 1.165) is 5.69 Å². The molecule has 0 unspecified atom stereocenters. The van der Waals surface area contributed by atoms with Crippen LogP contribution in [0, 0.1) is 11.3 Å². The van der Waals surface area contributed by atoms with E-state index in [1.807, 2.05) is 0 Å². The fourth-order valence-corrected chi connectivity index (χ4v) is 1.22. The first kappa shape index (κ1) is 8.32. The third kappa shape index (κ3) is 1.31. The van der Waals surface area contributed by atoms with Crippen LogP contribution in [0.25, 0.3) is 5.69 Å². The molecular weight excluding hydrogens is 176 g/mol. The van der Waals surface area contributed by atoms with Crippen LogP contribution >= 0.6 is 0 Å². The maximum Gasteiger partial charge on any atom is 0.0992 e. The molecule has 0 atom stereocenters. The van der Waals surface area contributed by atoms with Crippen LogP contribution in [0.2, 0.25) is 0 Å². The summed E-state index contributed by atoms with van der Waals surface area (Å²) in [6, 6.07) is 8.96. The largest absolute Gasteiger partial charge is 0.397 e. The Morgan fingerprint density at radius 3 is 2.93 bits per heavy atom. The van der Waals surface area contributed by atoms with Gasteiger partial charge in [-0.05, 0) is 24.3 Å². The molecule has 0 saturated heterocycles.